The molecule has 148 valence electrons. The van der Waals surface area contributed by atoms with Crippen molar-refractivity contribution in [2.45, 2.75) is 12.5 Å². The Morgan fingerprint density at radius 3 is 2.61 bits per heavy atom. The summed E-state index contributed by atoms with van der Waals surface area (Å²) in [6.45, 7) is 1.23. The van der Waals surface area contributed by atoms with Crippen LogP contribution >= 0.6 is 24.0 Å². The summed E-state index contributed by atoms with van der Waals surface area (Å²) in [6, 6.07) is 6.93. The molecule has 1 atom stereocenters. The van der Waals surface area contributed by atoms with Gasteiger partial charge in [0.2, 0.25) is 0 Å². The Balaban J connectivity index is 0.00000280. The fourth-order valence-corrected chi connectivity index (χ4v) is 2.87. The average molecular weight is 424 g/mol. The predicted octanol–water partition coefficient (Wildman–Crippen LogP) is 2.40. The van der Waals surface area contributed by atoms with Gasteiger partial charge in [0.05, 0.1) is 18.1 Å². The normalized spacial score (nSPS) is 15.9. The van der Waals surface area contributed by atoms with E-state index in [1.165, 1.54) is 17.8 Å². The van der Waals surface area contributed by atoms with Gasteiger partial charge in [-0.1, -0.05) is 11.6 Å². The highest BCUT2D eigenvalue weighted by Gasteiger charge is 2.27. The van der Waals surface area contributed by atoms with Gasteiger partial charge in [0.25, 0.3) is 11.8 Å². The summed E-state index contributed by atoms with van der Waals surface area (Å²) in [5.74, 6) is -0.0790. The molecule has 3 rings (SSSR count). The maximum atomic E-state index is 12.5. The number of carbonyl (C=O) groups excluding carboxylic acids is 2. The quantitative estimate of drug-likeness (QED) is 0.387. The smallest absolute Gasteiger partial charge is 0.267 e. The second-order valence-electron chi connectivity index (χ2n) is 6.02. The Kier molecular flexibility index (Phi) is 7.74. The summed E-state index contributed by atoms with van der Waals surface area (Å²) < 4.78 is 0. The minimum atomic E-state index is -0.643. The number of aromatic nitrogens is 2. The number of nitrogens with one attached hydrogen (secondary N) is 2. The number of hydrogen-bond acceptors (Lipinski definition) is 6. The second-order valence-corrected chi connectivity index (χ2v) is 6.46. The first kappa shape index (κ1) is 21.6. The van der Waals surface area contributed by atoms with Crippen molar-refractivity contribution < 1.29 is 14.8 Å². The van der Waals surface area contributed by atoms with E-state index in [1.54, 1.807) is 35.4 Å². The number of anilines is 1. The second kappa shape index (κ2) is 10.0. The lowest BCUT2D eigenvalue weighted by Crippen LogP contribution is -2.31. The number of carbonyl (C=O) groups is 2. The molecule has 28 heavy (non-hydrogen) atoms. The van der Waals surface area contributed by atoms with Crippen LogP contribution in [0, 0.1) is 0 Å². The lowest BCUT2D eigenvalue weighted by atomic mass is 10.2. The Bertz CT molecular complexity index is 843. The number of halogens is 2. The van der Waals surface area contributed by atoms with Crippen LogP contribution in [0.25, 0.3) is 6.08 Å². The van der Waals surface area contributed by atoms with Gasteiger partial charge in [0.15, 0.2) is 0 Å². The fraction of sp³-hybridized carbons (Fsp3) is 0.222. The molecule has 0 radical (unpaired) electrons. The molecule has 2 heterocycles. The number of nitrogens with zero attached hydrogens (tertiary/aromatic N) is 3. The minimum absolute atomic E-state index is 0. The largest absolute Gasteiger partial charge is 0.364 e. The number of hydroxylamine groups is 1. The summed E-state index contributed by atoms with van der Waals surface area (Å²) in [4.78, 5) is 33.7. The number of hydrogen-bond donors (Lipinski definition) is 3. The molecule has 1 fully saturated rings. The van der Waals surface area contributed by atoms with Gasteiger partial charge in [0.1, 0.15) is 5.82 Å². The van der Waals surface area contributed by atoms with Crippen LogP contribution in [0.15, 0.2) is 42.7 Å². The lowest BCUT2D eigenvalue weighted by Gasteiger charge is -2.17. The monoisotopic (exact) mass is 423 g/mol. The van der Waals surface area contributed by atoms with Crippen LogP contribution in [-0.2, 0) is 4.79 Å². The van der Waals surface area contributed by atoms with Crippen molar-refractivity contribution in [2.75, 3.05) is 18.4 Å². The van der Waals surface area contributed by atoms with Crippen molar-refractivity contribution in [3.63, 3.8) is 0 Å². The van der Waals surface area contributed by atoms with E-state index in [0.717, 1.165) is 12.5 Å². The minimum Gasteiger partial charge on any atom is -0.364 e. The van der Waals surface area contributed by atoms with Crippen LogP contribution in [0.4, 0.5) is 5.82 Å². The summed E-state index contributed by atoms with van der Waals surface area (Å²) >= 11 is 5.86. The SMILES string of the molecule is Cl.O=C(/C=C/c1cnc(N[C@@H]2CCN(C(=O)c3ccc(Cl)cc3)C2)cn1)NO. The molecule has 1 aromatic heterocycles. The molecule has 1 saturated heterocycles. The Morgan fingerprint density at radius 2 is 1.96 bits per heavy atom. The third-order valence-electron chi connectivity index (χ3n) is 4.11. The van der Waals surface area contributed by atoms with Gasteiger partial charge in [-0.15, -0.1) is 12.4 Å². The molecule has 2 aromatic rings. The molecule has 0 spiro atoms. The van der Waals surface area contributed by atoms with Gasteiger partial charge < -0.3 is 10.2 Å². The molecule has 3 N–H and O–H groups in total. The van der Waals surface area contributed by atoms with Gasteiger partial charge >= 0.3 is 0 Å². The molecule has 0 bridgehead atoms. The molecule has 0 saturated carbocycles. The van der Waals surface area contributed by atoms with Gasteiger partial charge in [-0.05, 0) is 36.8 Å². The van der Waals surface area contributed by atoms with Crippen LogP contribution in [0.1, 0.15) is 22.5 Å². The number of amides is 2. The van der Waals surface area contributed by atoms with E-state index in [-0.39, 0.29) is 24.4 Å². The van der Waals surface area contributed by atoms with E-state index in [0.29, 0.717) is 35.2 Å². The fourth-order valence-electron chi connectivity index (χ4n) is 2.74. The highest BCUT2D eigenvalue weighted by molar-refractivity contribution is 6.30. The molecule has 2 amide bonds. The number of rotatable bonds is 5. The molecule has 8 nitrogen and oxygen atoms in total. The number of likely N-dealkylation sites (tertiary alicyclic amines) is 1. The molecule has 0 unspecified atom stereocenters. The molecule has 1 aliphatic rings. The average Bonchev–Trinajstić information content (AvgIpc) is 3.15. The van der Waals surface area contributed by atoms with Gasteiger partial charge in [-0.25, -0.2) is 10.5 Å². The summed E-state index contributed by atoms with van der Waals surface area (Å²) in [5, 5.41) is 12.3. The topological polar surface area (TPSA) is 107 Å². The summed E-state index contributed by atoms with van der Waals surface area (Å²) in [6.07, 6.45) is 6.45. The summed E-state index contributed by atoms with van der Waals surface area (Å²) in [5.41, 5.74) is 2.59. The van der Waals surface area contributed by atoms with Crippen molar-refractivity contribution in [3.05, 3.63) is 59.0 Å². The predicted molar refractivity (Wildman–Crippen MR) is 108 cm³/mol. The van der Waals surface area contributed by atoms with Crippen molar-refractivity contribution in [1.29, 1.82) is 0 Å². The van der Waals surface area contributed by atoms with Crippen LogP contribution in [-0.4, -0.2) is 51.0 Å². The van der Waals surface area contributed by atoms with Gasteiger partial charge in [0, 0.05) is 35.8 Å². The zero-order valence-electron chi connectivity index (χ0n) is 14.7. The van der Waals surface area contributed by atoms with Crippen LogP contribution in [0.2, 0.25) is 5.02 Å². The van der Waals surface area contributed by atoms with E-state index >= 15 is 0 Å². The maximum Gasteiger partial charge on any atom is 0.267 e. The first-order valence-electron chi connectivity index (χ1n) is 8.31. The third-order valence-corrected chi connectivity index (χ3v) is 4.36. The molecular weight excluding hydrogens is 405 g/mol. The molecular formula is C18H19Cl2N5O3. The highest BCUT2D eigenvalue weighted by atomic mass is 35.5. The van der Waals surface area contributed by atoms with E-state index < -0.39 is 5.91 Å². The summed E-state index contributed by atoms with van der Waals surface area (Å²) in [7, 11) is 0. The van der Waals surface area contributed by atoms with E-state index in [2.05, 4.69) is 15.3 Å². The van der Waals surface area contributed by atoms with Gasteiger partial charge in [-0.2, -0.15) is 0 Å². The first-order chi connectivity index (χ1) is 13.0. The van der Waals surface area contributed by atoms with Crippen molar-refractivity contribution in [2.24, 2.45) is 0 Å². The lowest BCUT2D eigenvalue weighted by molar-refractivity contribution is -0.124. The van der Waals surface area contributed by atoms with E-state index in [4.69, 9.17) is 16.8 Å². The zero-order chi connectivity index (χ0) is 19.2. The van der Waals surface area contributed by atoms with E-state index in [9.17, 15) is 9.59 Å². The molecule has 1 aliphatic heterocycles. The van der Waals surface area contributed by atoms with Crippen LogP contribution in [0.5, 0.6) is 0 Å². The van der Waals surface area contributed by atoms with Crippen LogP contribution < -0.4 is 10.8 Å². The maximum absolute atomic E-state index is 12.5. The standard InChI is InChI=1S/C18H18ClN5O3.ClH/c19-13-3-1-12(2-4-13)18(26)24-8-7-15(11-24)22-16-10-20-14(9-21-16)5-6-17(25)23-27;/h1-6,9-10,15,27H,7-8,11H2,(H,21,22)(H,23,25);1H/b6-5+;/t15-;/m1./s1. The van der Waals surface area contributed by atoms with E-state index in [1.807, 2.05) is 0 Å². The van der Waals surface area contributed by atoms with Crippen molar-refractivity contribution >= 4 is 47.7 Å². The van der Waals surface area contributed by atoms with Crippen LogP contribution in [0.3, 0.4) is 0 Å². The zero-order valence-corrected chi connectivity index (χ0v) is 16.3. The Morgan fingerprint density at radius 1 is 1.21 bits per heavy atom. The Labute approximate surface area is 173 Å². The molecule has 10 heteroatoms. The van der Waals surface area contributed by atoms with Gasteiger partial charge in [-0.3, -0.25) is 19.8 Å². The number of benzene rings is 1. The third kappa shape index (κ3) is 5.66. The van der Waals surface area contributed by atoms with Crippen molar-refractivity contribution in [1.82, 2.24) is 20.3 Å². The molecule has 0 aliphatic carbocycles. The molecule has 1 aromatic carbocycles. The van der Waals surface area contributed by atoms with Crippen molar-refractivity contribution in [3.8, 4) is 0 Å². The Hall–Kier alpha value is -2.68. The highest BCUT2D eigenvalue weighted by Crippen LogP contribution is 2.18. The first-order valence-corrected chi connectivity index (χ1v) is 8.68.